The van der Waals surface area contributed by atoms with Gasteiger partial charge in [0.15, 0.2) is 11.6 Å². The maximum absolute atomic E-state index is 14.1. The molecule has 6 nitrogen and oxygen atoms in total. The van der Waals surface area contributed by atoms with Crippen molar-refractivity contribution in [1.82, 2.24) is 14.5 Å². The second kappa shape index (κ2) is 7.46. The van der Waals surface area contributed by atoms with Crippen LogP contribution < -0.4 is 11.2 Å². The number of rotatable bonds is 3. The van der Waals surface area contributed by atoms with Crippen LogP contribution in [0.15, 0.2) is 67.1 Å². The van der Waals surface area contributed by atoms with Gasteiger partial charge in [-0.25, -0.2) is 13.8 Å². The van der Waals surface area contributed by atoms with E-state index in [1.165, 1.54) is 18.3 Å². The molecule has 0 saturated heterocycles. The third-order valence-electron chi connectivity index (χ3n) is 4.18. The lowest BCUT2D eigenvalue weighted by atomic mass is 10.1. The number of nitrogens with zero attached hydrogens (tertiary/aromatic N) is 2. The van der Waals surface area contributed by atoms with E-state index >= 15 is 0 Å². The number of H-pyrrole nitrogens is 1. The molecule has 0 aliphatic heterocycles. The Balaban J connectivity index is 2.00. The summed E-state index contributed by atoms with van der Waals surface area (Å²) in [5, 5.41) is -0.0438. The summed E-state index contributed by atoms with van der Waals surface area (Å²) >= 11 is 8.89. The van der Waals surface area contributed by atoms with Crippen molar-refractivity contribution in [1.29, 1.82) is 0 Å². The molecule has 146 valence electrons. The van der Waals surface area contributed by atoms with Gasteiger partial charge in [-0.1, -0.05) is 29.3 Å². The first-order valence-corrected chi connectivity index (χ1v) is 9.56. The van der Waals surface area contributed by atoms with Crippen LogP contribution in [0.5, 0.6) is 0 Å². The molecule has 2 heterocycles. The summed E-state index contributed by atoms with van der Waals surface area (Å²) < 4.78 is 21.2. The summed E-state index contributed by atoms with van der Waals surface area (Å²) in [6, 6.07) is 11.6. The molecule has 4 rings (SSSR count). The van der Waals surface area contributed by atoms with E-state index in [1.54, 1.807) is 12.1 Å². The second-order valence-electron chi connectivity index (χ2n) is 6.28. The molecule has 0 aliphatic carbocycles. The van der Waals surface area contributed by atoms with E-state index in [1.807, 2.05) is 25.1 Å². The molecule has 0 atom stereocenters. The standard InChI is InChI=1S/C20H12BrClFN3O3/c1-10-3-2-4-12(7-10)19-24-17(26-9-13(21)18(27)25-20(26)28)16(29-19)11-5-6-14(22)15(23)8-11/h2-9H,1H3,(H,25,27,28). The average molecular weight is 477 g/mol. The van der Waals surface area contributed by atoms with Crippen molar-refractivity contribution in [3.8, 4) is 28.6 Å². The zero-order valence-electron chi connectivity index (χ0n) is 14.9. The molecule has 0 saturated carbocycles. The van der Waals surface area contributed by atoms with Gasteiger partial charge in [0.05, 0.1) is 9.50 Å². The molecule has 2 aromatic heterocycles. The van der Waals surface area contributed by atoms with Gasteiger partial charge < -0.3 is 4.42 Å². The Labute approximate surface area is 176 Å². The number of hydrogen-bond acceptors (Lipinski definition) is 4. The lowest BCUT2D eigenvalue weighted by molar-refractivity contribution is 0.585. The van der Waals surface area contributed by atoms with Crippen LogP contribution >= 0.6 is 27.5 Å². The van der Waals surface area contributed by atoms with Crippen LogP contribution in [0, 0.1) is 12.7 Å². The molecule has 1 N–H and O–H groups in total. The molecule has 4 aromatic rings. The summed E-state index contributed by atoms with van der Waals surface area (Å²) in [6.45, 7) is 1.92. The minimum atomic E-state index is -0.710. The molecule has 0 unspecified atom stereocenters. The van der Waals surface area contributed by atoms with Crippen molar-refractivity contribution in [3.05, 3.63) is 90.4 Å². The normalized spacial score (nSPS) is 11.0. The van der Waals surface area contributed by atoms with Crippen molar-refractivity contribution in [2.75, 3.05) is 0 Å². The lowest BCUT2D eigenvalue weighted by Crippen LogP contribution is -2.29. The summed E-state index contributed by atoms with van der Waals surface area (Å²) in [6.07, 6.45) is 1.29. The Morgan fingerprint density at radius 3 is 2.69 bits per heavy atom. The van der Waals surface area contributed by atoms with E-state index in [-0.39, 0.29) is 27.0 Å². The first kappa shape index (κ1) is 19.4. The van der Waals surface area contributed by atoms with Crippen LogP contribution in [0.2, 0.25) is 5.02 Å². The number of aryl methyl sites for hydroxylation is 1. The summed E-state index contributed by atoms with van der Waals surface area (Å²) in [5.41, 5.74) is 0.724. The fourth-order valence-corrected chi connectivity index (χ4v) is 3.23. The predicted octanol–water partition coefficient (Wildman–Crippen LogP) is 4.71. The first-order valence-electron chi connectivity index (χ1n) is 8.38. The van der Waals surface area contributed by atoms with Gasteiger partial charge in [-0.3, -0.25) is 9.78 Å². The zero-order chi connectivity index (χ0) is 20.7. The average Bonchev–Trinajstić information content (AvgIpc) is 3.12. The quantitative estimate of drug-likeness (QED) is 0.464. The molecule has 0 aliphatic rings. The number of hydrogen-bond donors (Lipinski definition) is 1. The summed E-state index contributed by atoms with van der Waals surface area (Å²) in [4.78, 5) is 30.7. The Morgan fingerprint density at radius 2 is 1.97 bits per heavy atom. The third kappa shape index (κ3) is 3.68. The number of aromatic nitrogens is 3. The van der Waals surface area contributed by atoms with Gasteiger partial charge in [0, 0.05) is 17.3 Å². The Bertz CT molecular complexity index is 1360. The van der Waals surface area contributed by atoms with Crippen molar-refractivity contribution in [3.63, 3.8) is 0 Å². The topological polar surface area (TPSA) is 80.9 Å². The fraction of sp³-hybridized carbons (Fsp3) is 0.0500. The van der Waals surface area contributed by atoms with Gasteiger partial charge in [-0.15, -0.1) is 0 Å². The van der Waals surface area contributed by atoms with Crippen molar-refractivity contribution < 1.29 is 8.81 Å². The van der Waals surface area contributed by atoms with Crippen LogP contribution in [0.4, 0.5) is 4.39 Å². The van der Waals surface area contributed by atoms with Crippen molar-refractivity contribution >= 4 is 27.5 Å². The molecule has 0 spiro atoms. The van der Waals surface area contributed by atoms with Gasteiger partial charge in [-0.05, 0) is 53.2 Å². The Kier molecular flexibility index (Phi) is 4.97. The summed E-state index contributed by atoms with van der Waals surface area (Å²) in [5.74, 6) is -0.148. The van der Waals surface area contributed by atoms with E-state index in [9.17, 15) is 14.0 Å². The molecule has 0 radical (unpaired) electrons. The number of oxazole rings is 1. The maximum Gasteiger partial charge on any atom is 0.334 e. The van der Waals surface area contributed by atoms with Crippen LogP contribution in [-0.2, 0) is 0 Å². The van der Waals surface area contributed by atoms with Gasteiger partial charge in [-0.2, -0.15) is 4.98 Å². The molecule has 0 bridgehead atoms. The monoisotopic (exact) mass is 475 g/mol. The van der Waals surface area contributed by atoms with Gasteiger partial charge in [0.2, 0.25) is 5.89 Å². The SMILES string of the molecule is Cc1cccc(-c2nc(-n3cc(Br)c(=O)[nH]c3=O)c(-c3ccc(Cl)c(F)c3)o2)c1. The number of aromatic amines is 1. The van der Waals surface area contributed by atoms with Crippen molar-refractivity contribution in [2.45, 2.75) is 6.92 Å². The molecule has 2 aromatic carbocycles. The number of nitrogens with one attached hydrogen (secondary N) is 1. The largest absolute Gasteiger partial charge is 0.434 e. The second-order valence-corrected chi connectivity index (χ2v) is 7.54. The highest BCUT2D eigenvalue weighted by Crippen LogP contribution is 2.33. The van der Waals surface area contributed by atoms with Crippen LogP contribution in [0.3, 0.4) is 0 Å². The van der Waals surface area contributed by atoms with Crippen LogP contribution in [0.1, 0.15) is 5.56 Å². The van der Waals surface area contributed by atoms with Crippen LogP contribution in [-0.4, -0.2) is 14.5 Å². The Hall–Kier alpha value is -2.97. The predicted molar refractivity (Wildman–Crippen MR) is 111 cm³/mol. The van der Waals surface area contributed by atoms with Crippen molar-refractivity contribution in [2.24, 2.45) is 0 Å². The van der Waals surface area contributed by atoms with E-state index in [4.69, 9.17) is 16.0 Å². The Morgan fingerprint density at radius 1 is 1.17 bits per heavy atom. The van der Waals surface area contributed by atoms with Gasteiger partial charge >= 0.3 is 5.69 Å². The highest BCUT2D eigenvalue weighted by atomic mass is 79.9. The lowest BCUT2D eigenvalue weighted by Gasteiger charge is -2.05. The highest BCUT2D eigenvalue weighted by Gasteiger charge is 2.21. The smallest absolute Gasteiger partial charge is 0.334 e. The highest BCUT2D eigenvalue weighted by molar-refractivity contribution is 9.10. The maximum atomic E-state index is 14.1. The minimum Gasteiger partial charge on any atom is -0.434 e. The minimum absolute atomic E-state index is 0.0438. The summed E-state index contributed by atoms with van der Waals surface area (Å²) in [7, 11) is 0. The van der Waals surface area contributed by atoms with Crippen LogP contribution in [0.25, 0.3) is 28.6 Å². The molecular weight excluding hydrogens is 465 g/mol. The molecular formula is C20H12BrClFN3O3. The number of halogens is 3. The molecule has 29 heavy (non-hydrogen) atoms. The number of benzene rings is 2. The van der Waals surface area contributed by atoms with E-state index in [0.717, 1.165) is 10.1 Å². The third-order valence-corrected chi connectivity index (χ3v) is 5.05. The fourth-order valence-electron chi connectivity index (χ4n) is 2.81. The molecule has 9 heteroatoms. The van der Waals surface area contributed by atoms with Gasteiger partial charge in [0.25, 0.3) is 5.56 Å². The van der Waals surface area contributed by atoms with E-state index in [0.29, 0.717) is 11.1 Å². The zero-order valence-corrected chi connectivity index (χ0v) is 17.2. The molecule has 0 fully saturated rings. The van der Waals surface area contributed by atoms with E-state index in [2.05, 4.69) is 25.9 Å². The molecule has 0 amide bonds. The van der Waals surface area contributed by atoms with E-state index < -0.39 is 17.1 Å². The van der Waals surface area contributed by atoms with Gasteiger partial charge in [0.1, 0.15) is 5.82 Å². The first-order chi connectivity index (χ1) is 13.8.